The van der Waals surface area contributed by atoms with Crippen molar-refractivity contribution < 1.29 is 37.7 Å². The number of hydrogen-bond donors (Lipinski definition) is 0. The van der Waals surface area contributed by atoms with Gasteiger partial charge in [0.15, 0.2) is 12.1 Å². The molecule has 3 heterocycles. The van der Waals surface area contributed by atoms with Crippen LogP contribution in [-0.2, 0) is 33.3 Å². The molecule has 0 radical (unpaired) electrons. The average Bonchev–Trinajstić information content (AvgIpc) is 3.48. The first-order valence-electron chi connectivity index (χ1n) is 11.9. The van der Waals surface area contributed by atoms with Crippen LogP contribution in [0.3, 0.4) is 0 Å². The molecule has 2 aliphatic heterocycles. The summed E-state index contributed by atoms with van der Waals surface area (Å²) in [5.74, 6) is -2.12. The maximum Gasteiger partial charge on any atom is 0.310 e. The number of ketones is 1. The lowest BCUT2D eigenvalue weighted by Crippen LogP contribution is -2.64. The van der Waals surface area contributed by atoms with Gasteiger partial charge in [0.1, 0.15) is 12.2 Å². The number of methoxy groups -OCH3 is 1. The highest BCUT2D eigenvalue weighted by Gasteiger charge is 2.67. The Morgan fingerprint density at radius 2 is 2.00 bits per heavy atom. The Hall–Kier alpha value is -2.19. The molecule has 5 rings (SSSR count). The minimum Gasteiger partial charge on any atom is -0.472 e. The summed E-state index contributed by atoms with van der Waals surface area (Å²) >= 11 is 0. The lowest BCUT2D eigenvalue weighted by molar-refractivity contribution is -0.220. The molecule has 180 valence electrons. The predicted octanol–water partition coefficient (Wildman–Crippen LogP) is 3.59. The monoisotopic (exact) mass is 460 g/mol. The van der Waals surface area contributed by atoms with Crippen molar-refractivity contribution in [3.8, 4) is 0 Å². The van der Waals surface area contributed by atoms with Crippen LogP contribution in [0.15, 0.2) is 23.0 Å². The van der Waals surface area contributed by atoms with E-state index in [1.807, 2.05) is 13.8 Å². The second-order valence-electron chi connectivity index (χ2n) is 10.5. The van der Waals surface area contributed by atoms with Crippen LogP contribution in [0.25, 0.3) is 0 Å². The Balaban J connectivity index is 1.54. The number of carbonyl (C=O) groups excluding carboxylic acids is 3. The van der Waals surface area contributed by atoms with Gasteiger partial charge in [-0.2, -0.15) is 0 Å². The lowest BCUT2D eigenvalue weighted by Gasteiger charge is -2.61. The number of hydrogen-bond acceptors (Lipinski definition) is 8. The number of fused-ring (bicyclic) bond motifs is 3. The highest BCUT2D eigenvalue weighted by atomic mass is 16.7. The predicted molar refractivity (Wildman–Crippen MR) is 114 cm³/mol. The van der Waals surface area contributed by atoms with Gasteiger partial charge in [-0.15, -0.1) is 0 Å². The molecule has 33 heavy (non-hydrogen) atoms. The van der Waals surface area contributed by atoms with E-state index < -0.39 is 47.1 Å². The summed E-state index contributed by atoms with van der Waals surface area (Å²) in [6, 6.07) is 1.78. The molecule has 8 nitrogen and oxygen atoms in total. The van der Waals surface area contributed by atoms with Crippen LogP contribution in [0.1, 0.15) is 64.0 Å². The largest absolute Gasteiger partial charge is 0.472 e. The number of Topliss-reactive ketones (excluding diaryl/α,β-unsaturated/α-hetero) is 1. The van der Waals surface area contributed by atoms with Gasteiger partial charge < -0.3 is 23.4 Å². The molecule has 0 unspecified atom stereocenters. The number of furan rings is 1. The van der Waals surface area contributed by atoms with Crippen LogP contribution >= 0.6 is 0 Å². The molecule has 0 spiro atoms. The summed E-state index contributed by atoms with van der Waals surface area (Å²) in [6.45, 7) is 4.62. The highest BCUT2D eigenvalue weighted by molar-refractivity contribution is 5.92. The number of cyclic esters (lactones) is 1. The zero-order chi connectivity index (χ0) is 23.4. The van der Waals surface area contributed by atoms with Gasteiger partial charge in [-0.25, -0.2) is 0 Å². The topological polar surface area (TPSA) is 101 Å². The third-order valence-electron chi connectivity index (χ3n) is 8.71. The lowest BCUT2D eigenvalue weighted by atomic mass is 9.43. The summed E-state index contributed by atoms with van der Waals surface area (Å²) < 4.78 is 27.9. The minimum atomic E-state index is -0.767. The fourth-order valence-electron chi connectivity index (χ4n) is 7.12. The van der Waals surface area contributed by atoms with Crippen LogP contribution in [0.4, 0.5) is 0 Å². The first-order chi connectivity index (χ1) is 15.8. The third-order valence-corrected chi connectivity index (χ3v) is 8.71. The van der Waals surface area contributed by atoms with Gasteiger partial charge in [-0.1, -0.05) is 13.8 Å². The Kier molecular flexibility index (Phi) is 5.64. The van der Waals surface area contributed by atoms with Crippen molar-refractivity contribution in [1.29, 1.82) is 0 Å². The second kappa shape index (κ2) is 8.24. The SMILES string of the molecule is COC(=O)[C@@H]1C[C@H](O[C@H]2CCCO2)C(=O)[C@H]2[C@@]1(C)CC[C@H]1C(=O)O[C@H](c3ccoc3)C[C@]21C. The number of ether oxygens (including phenoxy) is 4. The quantitative estimate of drug-likeness (QED) is 0.629. The molecule has 2 saturated carbocycles. The molecule has 2 aliphatic carbocycles. The van der Waals surface area contributed by atoms with Gasteiger partial charge >= 0.3 is 11.9 Å². The van der Waals surface area contributed by atoms with Crippen molar-refractivity contribution in [1.82, 2.24) is 0 Å². The van der Waals surface area contributed by atoms with Crippen molar-refractivity contribution in [3.63, 3.8) is 0 Å². The first kappa shape index (κ1) is 22.6. The maximum absolute atomic E-state index is 14.1. The molecule has 0 aromatic carbocycles. The van der Waals surface area contributed by atoms with Gasteiger partial charge in [0.05, 0.1) is 31.5 Å². The molecule has 8 atom stereocenters. The summed E-state index contributed by atoms with van der Waals surface area (Å²) in [6.07, 6.45) is 4.92. The van der Waals surface area contributed by atoms with Gasteiger partial charge in [-0.3, -0.25) is 14.4 Å². The molecule has 0 amide bonds. The maximum atomic E-state index is 14.1. The molecule has 1 aromatic heterocycles. The Labute approximate surface area is 193 Å². The highest BCUT2D eigenvalue weighted by Crippen LogP contribution is 2.65. The molecule has 8 heteroatoms. The van der Waals surface area contributed by atoms with E-state index in [2.05, 4.69) is 0 Å². The fraction of sp³-hybridized carbons (Fsp3) is 0.720. The van der Waals surface area contributed by atoms with Crippen LogP contribution < -0.4 is 0 Å². The van der Waals surface area contributed by atoms with Crippen molar-refractivity contribution in [2.24, 2.45) is 28.6 Å². The van der Waals surface area contributed by atoms with Crippen LogP contribution in [0.2, 0.25) is 0 Å². The van der Waals surface area contributed by atoms with Gasteiger partial charge in [0.25, 0.3) is 0 Å². The second-order valence-corrected chi connectivity index (χ2v) is 10.5. The van der Waals surface area contributed by atoms with E-state index in [9.17, 15) is 14.4 Å². The van der Waals surface area contributed by atoms with Crippen molar-refractivity contribution in [2.75, 3.05) is 13.7 Å². The molecule has 0 bridgehead atoms. The van der Waals surface area contributed by atoms with Crippen molar-refractivity contribution in [2.45, 2.75) is 70.9 Å². The van der Waals surface area contributed by atoms with Crippen LogP contribution in [0.5, 0.6) is 0 Å². The van der Waals surface area contributed by atoms with E-state index in [0.29, 0.717) is 25.9 Å². The molecule has 2 saturated heterocycles. The summed E-state index contributed by atoms with van der Waals surface area (Å²) in [5.41, 5.74) is -0.549. The Bertz CT molecular complexity index is 919. The molecule has 1 aromatic rings. The van der Waals surface area contributed by atoms with Crippen molar-refractivity contribution in [3.05, 3.63) is 24.2 Å². The Morgan fingerprint density at radius 1 is 1.18 bits per heavy atom. The van der Waals surface area contributed by atoms with E-state index in [4.69, 9.17) is 23.4 Å². The normalized spacial score (nSPS) is 42.9. The minimum absolute atomic E-state index is 0.0407. The number of carbonyl (C=O) groups is 3. The van der Waals surface area contributed by atoms with Gasteiger partial charge in [-0.05, 0) is 49.0 Å². The molecular weight excluding hydrogens is 428 g/mol. The zero-order valence-electron chi connectivity index (χ0n) is 19.4. The van der Waals surface area contributed by atoms with E-state index >= 15 is 0 Å². The molecule has 4 fully saturated rings. The molecule has 0 N–H and O–H groups in total. The van der Waals surface area contributed by atoms with Crippen LogP contribution in [0, 0.1) is 28.6 Å². The van der Waals surface area contributed by atoms with Gasteiger partial charge in [0, 0.05) is 24.5 Å². The van der Waals surface area contributed by atoms with E-state index in [-0.39, 0.29) is 24.1 Å². The first-order valence-corrected chi connectivity index (χ1v) is 11.9. The third kappa shape index (κ3) is 3.53. The number of rotatable bonds is 4. The van der Waals surface area contributed by atoms with E-state index in [1.165, 1.54) is 7.11 Å². The average molecular weight is 461 g/mol. The van der Waals surface area contributed by atoms with E-state index in [1.54, 1.807) is 18.6 Å². The van der Waals surface area contributed by atoms with E-state index in [0.717, 1.165) is 18.4 Å². The standard InChI is InChI=1S/C25H32O8/c1-24-8-6-15-23(28)33-18(14-7-10-30-13-14)12-25(15,2)21(24)20(26)17(11-16(24)22(27)29-3)32-19-5-4-9-31-19/h7,10,13,15-19,21H,4-6,8-9,11-12H2,1-3H3/t15-,16-,17-,18-,19-,21-,24-,25-/m0/s1. The smallest absolute Gasteiger partial charge is 0.310 e. The number of esters is 2. The summed E-state index contributed by atoms with van der Waals surface area (Å²) in [7, 11) is 1.38. The molecule has 4 aliphatic rings. The summed E-state index contributed by atoms with van der Waals surface area (Å²) in [4.78, 5) is 40.2. The van der Waals surface area contributed by atoms with Gasteiger partial charge in [0.2, 0.25) is 0 Å². The van der Waals surface area contributed by atoms with Crippen LogP contribution in [-0.4, -0.2) is 43.8 Å². The fourth-order valence-corrected chi connectivity index (χ4v) is 7.12. The Morgan fingerprint density at radius 3 is 2.67 bits per heavy atom. The van der Waals surface area contributed by atoms with Crippen molar-refractivity contribution >= 4 is 17.7 Å². The zero-order valence-corrected chi connectivity index (χ0v) is 19.4. The molecular formula is C25H32O8. The summed E-state index contributed by atoms with van der Waals surface area (Å²) in [5, 5.41) is 0.